The Balaban J connectivity index is 1.39. The highest BCUT2D eigenvalue weighted by molar-refractivity contribution is 7.92. The second-order valence-electron chi connectivity index (χ2n) is 14.3. The van der Waals surface area contributed by atoms with Crippen molar-refractivity contribution >= 4 is 39.0 Å². The van der Waals surface area contributed by atoms with Crippen molar-refractivity contribution in [3.05, 3.63) is 88.2 Å². The minimum Gasteiger partial charge on any atom is -0.490 e. The molecule has 2 amide bonds. The van der Waals surface area contributed by atoms with E-state index in [-0.39, 0.29) is 35.5 Å². The molecule has 12 heteroatoms. The van der Waals surface area contributed by atoms with E-state index in [1.807, 2.05) is 31.3 Å². The lowest BCUT2D eigenvalue weighted by molar-refractivity contribution is -0.119. The van der Waals surface area contributed by atoms with Crippen molar-refractivity contribution in [3.8, 4) is 5.75 Å². The van der Waals surface area contributed by atoms with E-state index in [0.29, 0.717) is 43.7 Å². The van der Waals surface area contributed by atoms with Crippen LogP contribution in [0.15, 0.2) is 65.2 Å². The zero-order chi connectivity index (χ0) is 36.2. The van der Waals surface area contributed by atoms with E-state index in [2.05, 4.69) is 57.2 Å². The molecule has 1 aromatic heterocycles. The Kier molecular flexibility index (Phi) is 11.6. The number of aromatic nitrogens is 2. The minimum absolute atomic E-state index is 0.0391. The average Bonchev–Trinajstić information content (AvgIpc) is 3.46. The molecule has 3 aliphatic rings. The maximum Gasteiger partial charge on any atom is 0.286 e. The van der Waals surface area contributed by atoms with Gasteiger partial charge in [-0.05, 0) is 97.9 Å². The molecule has 10 nitrogen and oxygen atoms in total. The van der Waals surface area contributed by atoms with Gasteiger partial charge < -0.3 is 14.4 Å². The van der Waals surface area contributed by atoms with Crippen molar-refractivity contribution in [3.63, 3.8) is 0 Å². The molecule has 5 atom stereocenters. The molecule has 2 aliphatic heterocycles. The molecule has 0 radical (unpaired) electrons. The molecule has 1 N–H and O–H groups in total. The van der Waals surface area contributed by atoms with Crippen molar-refractivity contribution < 1.29 is 23.3 Å². The van der Waals surface area contributed by atoms with Gasteiger partial charge in [0.25, 0.3) is 5.91 Å². The van der Waals surface area contributed by atoms with Gasteiger partial charge in [-0.15, -0.1) is 4.36 Å². The number of aryl methyl sites for hydroxylation is 3. The number of carbonyl (C=O) groups excluding carboxylic acids is 2. The topological polar surface area (TPSA) is 115 Å². The van der Waals surface area contributed by atoms with E-state index >= 15 is 0 Å². The molecule has 274 valence electrons. The van der Waals surface area contributed by atoms with Crippen LogP contribution in [-0.4, -0.2) is 64.5 Å². The summed E-state index contributed by atoms with van der Waals surface area (Å²) >= 11 is 6.46. The van der Waals surface area contributed by atoms with Crippen LogP contribution in [0.4, 0.5) is 5.69 Å². The molecular weight excluding hydrogens is 686 g/mol. The van der Waals surface area contributed by atoms with Crippen LogP contribution in [0.2, 0.25) is 5.02 Å². The SMILES string of the molecule is CC[C@H]1CN2C[C@@]3(CCCc4cc(Cl)ccc43)COc3ccc(cc32)C(=O)N=S(=O)(NC(=O)CCc2ccnn2C)CCC/C=C\[C@H](OC)[C@@H]1C. The number of rotatable bonds is 6. The molecule has 2 bridgehead atoms. The highest BCUT2D eigenvalue weighted by atomic mass is 35.5. The predicted molar refractivity (Wildman–Crippen MR) is 202 cm³/mol. The maximum absolute atomic E-state index is 14.3. The Morgan fingerprint density at radius 2 is 2.04 bits per heavy atom. The fraction of sp³-hybridized carbons (Fsp3) is 0.513. The van der Waals surface area contributed by atoms with E-state index in [1.165, 1.54) is 11.1 Å². The summed E-state index contributed by atoms with van der Waals surface area (Å²) in [5, 5.41) is 4.89. The number of allylic oxidation sites excluding steroid dienone is 1. The molecule has 0 fully saturated rings. The van der Waals surface area contributed by atoms with Crippen LogP contribution in [0, 0.1) is 11.8 Å². The first kappa shape index (κ1) is 37.1. The summed E-state index contributed by atoms with van der Waals surface area (Å²) in [5.74, 6) is 0.134. The van der Waals surface area contributed by atoms with Gasteiger partial charge in [-0.25, -0.2) is 4.21 Å². The molecular formula is C39H50ClN5O5S. The number of fused-ring (bicyclic) bond motifs is 3. The first-order chi connectivity index (χ1) is 24.5. The highest BCUT2D eigenvalue weighted by Gasteiger charge is 2.42. The first-order valence-electron chi connectivity index (χ1n) is 18.1. The van der Waals surface area contributed by atoms with Gasteiger partial charge in [0.2, 0.25) is 5.91 Å². The molecule has 2 aromatic carbocycles. The monoisotopic (exact) mass is 735 g/mol. The van der Waals surface area contributed by atoms with E-state index in [0.717, 1.165) is 48.6 Å². The number of ether oxygens (including phenoxy) is 2. The summed E-state index contributed by atoms with van der Waals surface area (Å²) in [6.07, 6.45) is 11.2. The fourth-order valence-electron chi connectivity index (χ4n) is 7.98. The summed E-state index contributed by atoms with van der Waals surface area (Å²) < 4.78 is 35.6. The molecule has 6 rings (SSSR count). The van der Waals surface area contributed by atoms with Crippen LogP contribution in [0.25, 0.3) is 0 Å². The zero-order valence-corrected chi connectivity index (χ0v) is 31.7. The van der Waals surface area contributed by atoms with Crippen LogP contribution in [0.1, 0.15) is 79.6 Å². The second-order valence-corrected chi connectivity index (χ2v) is 16.8. The second kappa shape index (κ2) is 15.9. The number of halogens is 1. The van der Waals surface area contributed by atoms with Crippen molar-refractivity contribution in [2.24, 2.45) is 23.2 Å². The number of benzene rings is 2. The van der Waals surface area contributed by atoms with Crippen LogP contribution in [0.5, 0.6) is 5.75 Å². The van der Waals surface area contributed by atoms with Gasteiger partial charge >= 0.3 is 0 Å². The smallest absolute Gasteiger partial charge is 0.286 e. The number of methoxy groups -OCH3 is 1. The molecule has 3 aromatic rings. The van der Waals surface area contributed by atoms with Gasteiger partial charge in [0.05, 0.1) is 24.2 Å². The minimum atomic E-state index is -3.43. The van der Waals surface area contributed by atoms with Crippen LogP contribution in [-0.2, 0) is 44.8 Å². The number of hydrogen-bond acceptors (Lipinski definition) is 7. The first-order valence-corrected chi connectivity index (χ1v) is 20.2. The Hall–Kier alpha value is -3.67. The summed E-state index contributed by atoms with van der Waals surface area (Å²) in [6, 6.07) is 13.4. The maximum atomic E-state index is 14.3. The molecule has 0 saturated heterocycles. The third-order valence-corrected chi connectivity index (χ3v) is 13.0. The van der Waals surface area contributed by atoms with Crippen molar-refractivity contribution in [1.82, 2.24) is 14.5 Å². The van der Waals surface area contributed by atoms with Crippen molar-refractivity contribution in [2.75, 3.05) is 37.5 Å². The average molecular weight is 736 g/mol. The lowest BCUT2D eigenvalue weighted by Crippen LogP contribution is -2.47. The summed E-state index contributed by atoms with van der Waals surface area (Å²) in [6.45, 7) is 6.39. The van der Waals surface area contributed by atoms with Gasteiger partial charge in [-0.3, -0.25) is 19.0 Å². The van der Waals surface area contributed by atoms with Crippen molar-refractivity contribution in [1.29, 1.82) is 0 Å². The number of carbonyl (C=O) groups is 2. The van der Waals surface area contributed by atoms with Gasteiger partial charge in [0, 0.05) is 61.6 Å². The largest absolute Gasteiger partial charge is 0.490 e. The number of hydrogen-bond donors (Lipinski definition) is 1. The number of anilines is 1. The van der Waals surface area contributed by atoms with E-state index < -0.39 is 21.7 Å². The Bertz CT molecular complexity index is 1900. The normalized spacial score (nSPS) is 27.5. The molecule has 1 aliphatic carbocycles. The van der Waals surface area contributed by atoms with E-state index in [9.17, 15) is 13.8 Å². The lowest BCUT2D eigenvalue weighted by Gasteiger charge is -2.42. The van der Waals surface area contributed by atoms with Crippen LogP contribution >= 0.6 is 11.6 Å². The van der Waals surface area contributed by atoms with Gasteiger partial charge in [-0.2, -0.15) is 5.10 Å². The Morgan fingerprint density at radius 1 is 1.20 bits per heavy atom. The van der Waals surface area contributed by atoms with Crippen LogP contribution < -0.4 is 14.4 Å². The molecule has 1 unspecified atom stereocenters. The summed E-state index contributed by atoms with van der Waals surface area (Å²) in [4.78, 5) is 29.4. The number of amides is 2. The van der Waals surface area contributed by atoms with Gasteiger partial charge in [0.1, 0.15) is 15.7 Å². The Morgan fingerprint density at radius 3 is 2.80 bits per heavy atom. The molecule has 0 saturated carbocycles. The van der Waals surface area contributed by atoms with Crippen LogP contribution in [0.3, 0.4) is 0 Å². The summed E-state index contributed by atoms with van der Waals surface area (Å²) in [5.41, 5.74) is 4.24. The standard InChI is InChI=1S/C39H50ClN5O5S/c1-5-28-24-45-25-39(19-9-10-29-22-31(40)13-15-33(29)39)26-50-36-16-12-30(23-34(36)45)38(47)43-51(48,21-8-6-7-11-35(49-4)27(28)2)42-37(46)17-14-32-18-20-41-44(32)3/h7,11-13,15-16,18,20,22-23,27-28,35H,5-6,8-10,14,17,19,21,24-26H2,1-4H3,(H,42,43,46,47,48)/b11-7-/t27-,28+,35+,39+,51?/m1/s1. The number of nitrogens with zero attached hydrogens (tertiary/aromatic N) is 4. The van der Waals surface area contributed by atoms with Gasteiger partial charge in [-0.1, -0.05) is 50.1 Å². The van der Waals surface area contributed by atoms with E-state index in [4.69, 9.17) is 21.1 Å². The fourth-order valence-corrected chi connectivity index (χ4v) is 9.81. The lowest BCUT2D eigenvalue weighted by atomic mass is 9.70. The molecule has 3 heterocycles. The predicted octanol–water partition coefficient (Wildman–Crippen LogP) is 6.85. The number of nitrogens with one attached hydrogen (secondary N) is 1. The zero-order valence-electron chi connectivity index (χ0n) is 30.1. The highest BCUT2D eigenvalue weighted by Crippen LogP contribution is 2.45. The Labute approximate surface area is 307 Å². The molecule has 51 heavy (non-hydrogen) atoms. The third kappa shape index (κ3) is 8.36. The third-order valence-electron chi connectivity index (χ3n) is 10.9. The molecule has 1 spiro atoms. The summed E-state index contributed by atoms with van der Waals surface area (Å²) in [7, 11) is 0.129. The van der Waals surface area contributed by atoms with Gasteiger partial charge in [0.15, 0.2) is 0 Å². The van der Waals surface area contributed by atoms with Crippen molar-refractivity contribution in [2.45, 2.75) is 76.7 Å². The van der Waals surface area contributed by atoms with E-state index in [1.54, 1.807) is 24.1 Å². The quantitative estimate of drug-likeness (QED) is 0.276.